The van der Waals surface area contributed by atoms with Crippen molar-refractivity contribution in [2.75, 3.05) is 18.1 Å². The summed E-state index contributed by atoms with van der Waals surface area (Å²) in [6.07, 6.45) is 2.14. The summed E-state index contributed by atoms with van der Waals surface area (Å²) >= 11 is 0. The number of anilines is 1. The van der Waals surface area contributed by atoms with E-state index >= 15 is 0 Å². The topological polar surface area (TPSA) is 49.9 Å². The number of amides is 2. The average molecular weight is 304 g/mol. The Hall–Kier alpha value is -2.11. The van der Waals surface area contributed by atoms with Crippen LogP contribution in [0.2, 0.25) is 0 Å². The molecular weight excluding hydrogens is 287 g/mol. The van der Waals surface area contributed by atoms with E-state index < -0.39 is 11.9 Å². The monoisotopic (exact) mass is 304 g/mol. The molecule has 1 aromatic rings. The SMILES string of the molecule is O=C(C1CC1)N1CC[C@H]2COC(=O)N2c2cc(F)ccc2C1. The molecule has 5 nitrogen and oxygen atoms in total. The zero-order valence-electron chi connectivity index (χ0n) is 12.1. The second-order valence-corrected chi connectivity index (χ2v) is 6.20. The third kappa shape index (κ3) is 2.23. The van der Waals surface area contributed by atoms with Crippen LogP contribution in [-0.4, -0.2) is 36.1 Å². The van der Waals surface area contributed by atoms with Gasteiger partial charge in [-0.05, 0) is 37.0 Å². The Morgan fingerprint density at radius 3 is 2.86 bits per heavy atom. The third-order valence-electron chi connectivity index (χ3n) is 4.60. The molecule has 0 bridgehead atoms. The molecular formula is C16H17FN2O3. The fraction of sp³-hybridized carbons (Fsp3) is 0.500. The van der Waals surface area contributed by atoms with Crippen molar-refractivity contribution in [2.24, 2.45) is 5.92 Å². The minimum atomic E-state index is -0.432. The van der Waals surface area contributed by atoms with Gasteiger partial charge in [0, 0.05) is 19.0 Å². The summed E-state index contributed by atoms with van der Waals surface area (Å²) in [7, 11) is 0. The average Bonchev–Trinajstić information content (AvgIpc) is 3.26. The lowest BCUT2D eigenvalue weighted by Gasteiger charge is -2.32. The van der Waals surface area contributed by atoms with Crippen molar-refractivity contribution in [3.8, 4) is 0 Å². The Bertz CT molecular complexity index is 644. The van der Waals surface area contributed by atoms with Gasteiger partial charge in [0.25, 0.3) is 0 Å². The van der Waals surface area contributed by atoms with E-state index in [4.69, 9.17) is 4.74 Å². The van der Waals surface area contributed by atoms with E-state index in [0.717, 1.165) is 18.4 Å². The molecule has 1 saturated carbocycles. The van der Waals surface area contributed by atoms with Crippen LogP contribution in [0.5, 0.6) is 0 Å². The van der Waals surface area contributed by atoms with Gasteiger partial charge in [-0.25, -0.2) is 9.18 Å². The van der Waals surface area contributed by atoms with Crippen LogP contribution < -0.4 is 4.90 Å². The highest BCUT2D eigenvalue weighted by atomic mass is 19.1. The number of hydrogen-bond acceptors (Lipinski definition) is 3. The second-order valence-electron chi connectivity index (χ2n) is 6.20. The van der Waals surface area contributed by atoms with E-state index in [-0.39, 0.29) is 17.9 Å². The number of rotatable bonds is 1. The first kappa shape index (κ1) is 13.5. The molecule has 2 amide bonds. The molecule has 116 valence electrons. The van der Waals surface area contributed by atoms with Crippen molar-refractivity contribution in [3.05, 3.63) is 29.6 Å². The van der Waals surface area contributed by atoms with Gasteiger partial charge in [-0.1, -0.05) is 6.07 Å². The third-order valence-corrected chi connectivity index (χ3v) is 4.60. The normalized spacial score (nSPS) is 24.2. The smallest absolute Gasteiger partial charge is 0.414 e. The predicted molar refractivity (Wildman–Crippen MR) is 76.8 cm³/mol. The van der Waals surface area contributed by atoms with Gasteiger partial charge in [-0.2, -0.15) is 0 Å². The number of carbonyl (C=O) groups is 2. The lowest BCUT2D eigenvalue weighted by Crippen LogP contribution is -2.42. The minimum Gasteiger partial charge on any atom is -0.447 e. The lowest BCUT2D eigenvalue weighted by molar-refractivity contribution is -0.133. The van der Waals surface area contributed by atoms with Crippen LogP contribution in [-0.2, 0) is 16.1 Å². The first-order valence-electron chi connectivity index (χ1n) is 7.66. The summed E-state index contributed by atoms with van der Waals surface area (Å²) in [4.78, 5) is 27.8. The zero-order chi connectivity index (χ0) is 15.3. The molecule has 0 N–H and O–H groups in total. The highest BCUT2D eigenvalue weighted by molar-refractivity contribution is 5.91. The Kier molecular flexibility index (Phi) is 3.06. The van der Waals surface area contributed by atoms with Crippen molar-refractivity contribution >= 4 is 17.7 Å². The molecule has 22 heavy (non-hydrogen) atoms. The Labute approximate surface area is 127 Å². The molecule has 0 aromatic heterocycles. The van der Waals surface area contributed by atoms with E-state index in [1.54, 1.807) is 6.07 Å². The maximum atomic E-state index is 13.6. The number of nitrogens with zero attached hydrogens (tertiary/aromatic N) is 2. The van der Waals surface area contributed by atoms with Crippen LogP contribution in [0.25, 0.3) is 0 Å². The predicted octanol–water partition coefficient (Wildman–Crippen LogP) is 2.29. The highest BCUT2D eigenvalue weighted by Gasteiger charge is 2.40. The Morgan fingerprint density at radius 2 is 2.09 bits per heavy atom. The van der Waals surface area contributed by atoms with E-state index in [2.05, 4.69) is 0 Å². The van der Waals surface area contributed by atoms with Crippen molar-refractivity contribution in [1.29, 1.82) is 0 Å². The molecule has 1 aliphatic carbocycles. The summed E-state index contributed by atoms with van der Waals surface area (Å²) in [6, 6.07) is 4.26. The molecule has 0 spiro atoms. The van der Waals surface area contributed by atoms with Gasteiger partial charge < -0.3 is 9.64 Å². The van der Waals surface area contributed by atoms with E-state index in [0.29, 0.717) is 31.8 Å². The van der Waals surface area contributed by atoms with Crippen molar-refractivity contribution < 1.29 is 18.7 Å². The number of cyclic esters (lactones) is 1. The van der Waals surface area contributed by atoms with Gasteiger partial charge >= 0.3 is 6.09 Å². The molecule has 6 heteroatoms. The zero-order valence-corrected chi connectivity index (χ0v) is 12.1. The van der Waals surface area contributed by atoms with E-state index in [9.17, 15) is 14.0 Å². The van der Waals surface area contributed by atoms with Crippen LogP contribution in [0.15, 0.2) is 18.2 Å². The van der Waals surface area contributed by atoms with Crippen molar-refractivity contribution in [3.63, 3.8) is 0 Å². The number of ether oxygens (including phenoxy) is 1. The Balaban J connectivity index is 1.73. The number of hydrogen-bond donors (Lipinski definition) is 0. The summed E-state index contributed by atoms with van der Waals surface area (Å²) in [5, 5.41) is 0. The van der Waals surface area contributed by atoms with Gasteiger partial charge in [0.05, 0.1) is 11.7 Å². The van der Waals surface area contributed by atoms with E-state index in [1.807, 2.05) is 4.90 Å². The van der Waals surface area contributed by atoms with Crippen molar-refractivity contribution in [2.45, 2.75) is 31.8 Å². The molecule has 4 rings (SSSR count). The standard InChI is InChI=1S/C16H17FN2O3/c17-12-4-3-11-8-18(15(20)10-1-2-10)6-5-13-9-22-16(21)19(13)14(11)7-12/h3-4,7,10,13H,1-2,5-6,8-9H2/t13-/m0/s1. The molecule has 2 fully saturated rings. The maximum Gasteiger partial charge on any atom is 0.414 e. The lowest BCUT2D eigenvalue weighted by atomic mass is 10.0. The van der Waals surface area contributed by atoms with Gasteiger partial charge in [0.15, 0.2) is 0 Å². The summed E-state index contributed by atoms with van der Waals surface area (Å²) in [6.45, 7) is 1.31. The maximum absolute atomic E-state index is 13.6. The van der Waals surface area contributed by atoms with E-state index in [1.165, 1.54) is 17.0 Å². The number of carbonyl (C=O) groups excluding carboxylic acids is 2. The minimum absolute atomic E-state index is 0.136. The van der Waals surface area contributed by atoms with Crippen LogP contribution in [0, 0.1) is 11.7 Å². The summed E-state index contributed by atoms with van der Waals surface area (Å²) in [5.74, 6) is -0.0623. The molecule has 1 saturated heterocycles. The Morgan fingerprint density at radius 1 is 1.27 bits per heavy atom. The molecule has 0 unspecified atom stereocenters. The summed E-state index contributed by atoms with van der Waals surface area (Å²) in [5.41, 5.74) is 1.32. The van der Waals surface area contributed by atoms with Gasteiger partial charge in [0.1, 0.15) is 12.4 Å². The first-order chi connectivity index (χ1) is 10.6. The fourth-order valence-corrected chi connectivity index (χ4v) is 3.23. The molecule has 3 aliphatic rings. The number of halogens is 1. The quantitative estimate of drug-likeness (QED) is 0.800. The van der Waals surface area contributed by atoms with Gasteiger partial charge in [-0.15, -0.1) is 0 Å². The van der Waals surface area contributed by atoms with Crippen LogP contribution >= 0.6 is 0 Å². The largest absolute Gasteiger partial charge is 0.447 e. The fourth-order valence-electron chi connectivity index (χ4n) is 3.23. The number of benzene rings is 1. The molecule has 0 radical (unpaired) electrons. The van der Waals surface area contributed by atoms with Gasteiger partial charge in [0.2, 0.25) is 5.91 Å². The van der Waals surface area contributed by atoms with Crippen LogP contribution in [0.1, 0.15) is 24.8 Å². The molecule has 1 atom stereocenters. The molecule has 2 aliphatic heterocycles. The first-order valence-corrected chi connectivity index (χ1v) is 7.66. The summed E-state index contributed by atoms with van der Waals surface area (Å²) < 4.78 is 18.8. The van der Waals surface area contributed by atoms with Crippen molar-refractivity contribution in [1.82, 2.24) is 4.90 Å². The molecule has 1 aromatic carbocycles. The van der Waals surface area contributed by atoms with Crippen LogP contribution in [0.4, 0.5) is 14.9 Å². The van der Waals surface area contributed by atoms with Gasteiger partial charge in [-0.3, -0.25) is 9.69 Å². The van der Waals surface area contributed by atoms with Crippen LogP contribution in [0.3, 0.4) is 0 Å². The molecule has 2 heterocycles. The number of fused-ring (bicyclic) bond motifs is 3. The highest BCUT2D eigenvalue weighted by Crippen LogP contribution is 2.35. The second kappa shape index (κ2) is 4.97.